The lowest BCUT2D eigenvalue weighted by molar-refractivity contribution is 0.538. The molecule has 1 N–H and O–H groups in total. The van der Waals surface area contributed by atoms with Crippen molar-refractivity contribution in [3.8, 4) is 0 Å². The Labute approximate surface area is 142 Å². The highest BCUT2D eigenvalue weighted by atomic mass is 32.2. The molecule has 0 amide bonds. The van der Waals surface area contributed by atoms with Gasteiger partial charge in [0.25, 0.3) is 0 Å². The first-order chi connectivity index (χ1) is 11.0. The van der Waals surface area contributed by atoms with Crippen molar-refractivity contribution in [1.82, 2.24) is 4.72 Å². The Bertz CT molecular complexity index is 566. The summed E-state index contributed by atoms with van der Waals surface area (Å²) in [6.07, 6.45) is 8.21. The third-order valence-corrected chi connectivity index (χ3v) is 6.34. The van der Waals surface area contributed by atoms with Gasteiger partial charge in [-0.05, 0) is 50.2 Å². The lowest BCUT2D eigenvalue weighted by atomic mass is 10.1. The Morgan fingerprint density at radius 2 is 1.96 bits per heavy atom. The minimum absolute atomic E-state index is 0.275. The maximum atomic E-state index is 12.4. The molecule has 1 atom stereocenters. The van der Waals surface area contributed by atoms with Gasteiger partial charge in [0.1, 0.15) is 0 Å². The Kier molecular flexibility index (Phi) is 9.19. The van der Waals surface area contributed by atoms with E-state index in [4.69, 9.17) is 0 Å². The second-order valence-corrected chi connectivity index (χ2v) is 8.12. The van der Waals surface area contributed by atoms with Crippen LogP contribution in [0.1, 0.15) is 56.6 Å². The molecule has 0 spiro atoms. The van der Waals surface area contributed by atoms with Gasteiger partial charge in [-0.1, -0.05) is 50.1 Å². The second-order valence-electron chi connectivity index (χ2n) is 6.07. The molecule has 1 unspecified atom stereocenters. The van der Waals surface area contributed by atoms with E-state index >= 15 is 0 Å². The van der Waals surface area contributed by atoms with E-state index in [2.05, 4.69) is 30.4 Å². The number of unbranched alkanes of at least 4 members (excludes halogenated alkanes) is 3. The van der Waals surface area contributed by atoms with Gasteiger partial charge in [-0.25, -0.2) is 13.1 Å². The smallest absolute Gasteiger partial charge is 0.214 e. The van der Waals surface area contributed by atoms with Crippen molar-refractivity contribution in [2.24, 2.45) is 0 Å². The van der Waals surface area contributed by atoms with Crippen LogP contribution >= 0.6 is 0 Å². The Morgan fingerprint density at radius 1 is 1.22 bits per heavy atom. The van der Waals surface area contributed by atoms with Gasteiger partial charge in [-0.3, -0.25) is 0 Å². The largest absolute Gasteiger partial charge is 0.215 e. The Balaban J connectivity index is 2.42. The normalized spacial score (nSPS) is 13.0. The highest BCUT2D eigenvalue weighted by Gasteiger charge is 2.22. The predicted octanol–water partition coefficient (Wildman–Crippen LogP) is 4.37. The third-order valence-electron chi connectivity index (χ3n) is 4.29. The quantitative estimate of drug-likeness (QED) is 0.455. The van der Waals surface area contributed by atoms with Crippen LogP contribution < -0.4 is 4.72 Å². The molecule has 23 heavy (non-hydrogen) atoms. The van der Waals surface area contributed by atoms with Crippen molar-refractivity contribution in [3.05, 3.63) is 48.0 Å². The summed E-state index contributed by atoms with van der Waals surface area (Å²) in [5.41, 5.74) is 2.41. The monoisotopic (exact) mass is 337 g/mol. The summed E-state index contributed by atoms with van der Waals surface area (Å²) in [4.78, 5) is 0. The number of sulfonamides is 1. The van der Waals surface area contributed by atoms with Crippen LogP contribution in [-0.4, -0.2) is 20.2 Å². The van der Waals surface area contributed by atoms with Gasteiger partial charge in [-0.2, -0.15) is 0 Å². The van der Waals surface area contributed by atoms with Crippen molar-refractivity contribution >= 4 is 10.0 Å². The van der Waals surface area contributed by atoms with E-state index in [0.717, 1.165) is 38.5 Å². The SMILES string of the molecule is C=CCCCCCC(CC)S(=O)(=O)NCCc1ccccc1C. The summed E-state index contributed by atoms with van der Waals surface area (Å²) in [7, 11) is -3.22. The first-order valence-corrected chi connectivity index (χ1v) is 10.2. The molecule has 0 aromatic heterocycles. The molecule has 0 radical (unpaired) electrons. The molecule has 0 bridgehead atoms. The van der Waals surface area contributed by atoms with E-state index < -0.39 is 10.0 Å². The molecule has 1 aromatic rings. The summed E-state index contributed by atoms with van der Waals surface area (Å²) >= 11 is 0. The van der Waals surface area contributed by atoms with Gasteiger partial charge in [-0.15, -0.1) is 6.58 Å². The highest BCUT2D eigenvalue weighted by Crippen LogP contribution is 2.15. The van der Waals surface area contributed by atoms with Crippen LogP contribution in [0, 0.1) is 6.92 Å². The average Bonchev–Trinajstić information content (AvgIpc) is 2.52. The van der Waals surface area contributed by atoms with E-state index in [9.17, 15) is 8.42 Å². The molecule has 1 rings (SSSR count). The van der Waals surface area contributed by atoms with Crippen molar-refractivity contribution in [2.75, 3.05) is 6.54 Å². The number of hydrogen-bond acceptors (Lipinski definition) is 2. The molecule has 0 aliphatic heterocycles. The molecule has 0 saturated heterocycles. The molecule has 0 fully saturated rings. The van der Waals surface area contributed by atoms with Crippen molar-refractivity contribution < 1.29 is 8.42 Å². The number of hydrogen-bond donors (Lipinski definition) is 1. The van der Waals surface area contributed by atoms with E-state index in [1.807, 2.05) is 25.1 Å². The van der Waals surface area contributed by atoms with E-state index in [0.29, 0.717) is 13.0 Å². The summed E-state index contributed by atoms with van der Waals surface area (Å²) in [6.45, 7) is 8.19. The first-order valence-electron chi connectivity index (χ1n) is 8.65. The third kappa shape index (κ3) is 7.32. The minimum Gasteiger partial charge on any atom is -0.215 e. The zero-order valence-corrected chi connectivity index (χ0v) is 15.4. The molecule has 0 heterocycles. The number of nitrogens with one attached hydrogen (secondary N) is 1. The van der Waals surface area contributed by atoms with Crippen molar-refractivity contribution in [2.45, 2.75) is 64.0 Å². The minimum atomic E-state index is -3.22. The van der Waals surface area contributed by atoms with Gasteiger partial charge in [0.15, 0.2) is 0 Å². The maximum absolute atomic E-state index is 12.4. The van der Waals surface area contributed by atoms with E-state index in [1.54, 1.807) is 0 Å². The molecular weight excluding hydrogens is 306 g/mol. The molecular formula is C19H31NO2S. The summed E-state index contributed by atoms with van der Waals surface area (Å²) in [5, 5.41) is -0.275. The van der Waals surface area contributed by atoms with Crippen LogP contribution in [0.5, 0.6) is 0 Å². The van der Waals surface area contributed by atoms with Gasteiger partial charge < -0.3 is 0 Å². The topological polar surface area (TPSA) is 46.2 Å². The molecule has 130 valence electrons. The number of allylic oxidation sites excluding steroid dienone is 1. The first kappa shape index (κ1) is 19.9. The summed E-state index contributed by atoms with van der Waals surface area (Å²) in [6, 6.07) is 8.11. The highest BCUT2D eigenvalue weighted by molar-refractivity contribution is 7.90. The average molecular weight is 338 g/mol. The van der Waals surface area contributed by atoms with Crippen LogP contribution in [0.2, 0.25) is 0 Å². The zero-order valence-electron chi connectivity index (χ0n) is 14.6. The molecule has 4 heteroatoms. The molecule has 0 aliphatic carbocycles. The maximum Gasteiger partial charge on any atom is 0.214 e. The van der Waals surface area contributed by atoms with Crippen LogP contribution in [0.15, 0.2) is 36.9 Å². The van der Waals surface area contributed by atoms with Gasteiger partial charge >= 0.3 is 0 Å². The van der Waals surface area contributed by atoms with Crippen LogP contribution in [0.25, 0.3) is 0 Å². The number of aryl methyl sites for hydroxylation is 1. The Hall–Kier alpha value is -1.13. The van der Waals surface area contributed by atoms with E-state index in [-0.39, 0.29) is 5.25 Å². The predicted molar refractivity (Wildman–Crippen MR) is 99.2 cm³/mol. The number of benzene rings is 1. The lowest BCUT2D eigenvalue weighted by Crippen LogP contribution is -2.35. The molecule has 1 aromatic carbocycles. The van der Waals surface area contributed by atoms with Crippen LogP contribution in [0.4, 0.5) is 0 Å². The fourth-order valence-electron chi connectivity index (χ4n) is 2.75. The zero-order chi connectivity index (χ0) is 17.1. The van der Waals surface area contributed by atoms with Crippen LogP contribution in [0.3, 0.4) is 0 Å². The van der Waals surface area contributed by atoms with Gasteiger partial charge in [0.05, 0.1) is 5.25 Å². The molecule has 0 aliphatic rings. The lowest BCUT2D eigenvalue weighted by Gasteiger charge is -2.17. The summed E-state index contributed by atoms with van der Waals surface area (Å²) < 4.78 is 27.7. The standard InChI is InChI=1S/C19H31NO2S/c1-4-6-7-8-9-14-19(5-2)23(21,22)20-16-15-18-13-11-10-12-17(18)3/h4,10-13,19-20H,1,5-9,14-16H2,2-3H3. The van der Waals surface area contributed by atoms with Crippen LogP contribution in [-0.2, 0) is 16.4 Å². The van der Waals surface area contributed by atoms with E-state index in [1.165, 1.54) is 11.1 Å². The van der Waals surface area contributed by atoms with Gasteiger partial charge in [0, 0.05) is 6.54 Å². The summed E-state index contributed by atoms with van der Waals surface area (Å²) in [5.74, 6) is 0. The number of rotatable bonds is 12. The Morgan fingerprint density at radius 3 is 2.61 bits per heavy atom. The molecule has 0 saturated carbocycles. The molecule has 3 nitrogen and oxygen atoms in total. The van der Waals surface area contributed by atoms with Gasteiger partial charge in [0.2, 0.25) is 10.0 Å². The van der Waals surface area contributed by atoms with Crippen molar-refractivity contribution in [3.63, 3.8) is 0 Å². The fourth-order valence-corrected chi connectivity index (χ4v) is 4.29. The van der Waals surface area contributed by atoms with Crippen molar-refractivity contribution in [1.29, 1.82) is 0 Å². The second kappa shape index (κ2) is 10.6. The fraction of sp³-hybridized carbons (Fsp3) is 0.579.